The molecule has 3 rings (SSSR count). The van der Waals surface area contributed by atoms with E-state index in [1.54, 1.807) is 0 Å². The summed E-state index contributed by atoms with van der Waals surface area (Å²) < 4.78 is 10.9. The van der Waals surface area contributed by atoms with Crippen LogP contribution in [-0.4, -0.2) is 30.2 Å². The highest BCUT2D eigenvalue weighted by molar-refractivity contribution is 5.85. The van der Waals surface area contributed by atoms with Gasteiger partial charge in [-0.1, -0.05) is 17.3 Å². The highest BCUT2D eigenvalue weighted by Gasteiger charge is 2.14. The summed E-state index contributed by atoms with van der Waals surface area (Å²) >= 11 is 0. The number of benzene rings is 1. The molecule has 0 spiro atoms. The van der Waals surface area contributed by atoms with Gasteiger partial charge in [-0.25, -0.2) is 0 Å². The van der Waals surface area contributed by atoms with Gasteiger partial charge in [0, 0.05) is 12.6 Å². The smallest absolute Gasteiger partial charge is 0.224 e. The molecule has 1 unspecified atom stereocenters. The molecule has 0 radical (unpaired) electrons. The van der Waals surface area contributed by atoms with Gasteiger partial charge in [0.25, 0.3) is 0 Å². The zero-order valence-corrected chi connectivity index (χ0v) is 16.0. The molecular weight excluding hydrogens is 354 g/mol. The van der Waals surface area contributed by atoms with Crippen LogP contribution in [0.25, 0.3) is 0 Å². The van der Waals surface area contributed by atoms with Crippen LogP contribution in [0.2, 0.25) is 0 Å². The van der Waals surface area contributed by atoms with Gasteiger partial charge < -0.3 is 19.9 Å². The number of carbonyl (C=O) groups excluding carboxylic acids is 1. The molecule has 7 heteroatoms. The minimum Gasteiger partial charge on any atom is -0.489 e. The summed E-state index contributed by atoms with van der Waals surface area (Å²) in [5, 5.41) is 10.3. The van der Waals surface area contributed by atoms with E-state index in [1.165, 1.54) is 6.42 Å². The molecule has 1 aromatic carbocycles. The van der Waals surface area contributed by atoms with Crippen LogP contribution in [0.1, 0.15) is 35.4 Å². The minimum atomic E-state index is 0. The third-order valence-electron chi connectivity index (χ3n) is 4.56. The molecule has 1 amide bonds. The normalized spacial score (nSPS) is 16.2. The van der Waals surface area contributed by atoms with Crippen LogP contribution in [0.5, 0.6) is 5.75 Å². The van der Waals surface area contributed by atoms with Crippen LogP contribution in [-0.2, 0) is 17.8 Å². The van der Waals surface area contributed by atoms with E-state index in [0.717, 1.165) is 41.3 Å². The van der Waals surface area contributed by atoms with Crippen LogP contribution in [0.4, 0.5) is 0 Å². The monoisotopic (exact) mass is 379 g/mol. The highest BCUT2D eigenvalue weighted by Crippen LogP contribution is 2.18. The number of rotatable bonds is 7. The Balaban J connectivity index is 0.00000243. The van der Waals surface area contributed by atoms with Gasteiger partial charge in [-0.05, 0) is 50.9 Å². The molecule has 1 aliphatic rings. The fraction of sp³-hybridized carbons (Fsp3) is 0.474. The summed E-state index contributed by atoms with van der Waals surface area (Å²) in [6.07, 6.45) is 2.71. The maximum atomic E-state index is 12.0. The molecule has 0 saturated carbocycles. The summed E-state index contributed by atoms with van der Waals surface area (Å²) in [4.78, 5) is 12.0. The van der Waals surface area contributed by atoms with Gasteiger partial charge in [-0.3, -0.25) is 4.79 Å². The summed E-state index contributed by atoms with van der Waals surface area (Å²) in [5.74, 6) is 1.60. The lowest BCUT2D eigenvalue weighted by Crippen LogP contribution is -2.37. The van der Waals surface area contributed by atoms with Crippen molar-refractivity contribution < 1.29 is 14.1 Å². The molecule has 2 heterocycles. The molecule has 0 bridgehead atoms. The average Bonchev–Trinajstić information content (AvgIpc) is 3.23. The Bertz CT molecular complexity index is 690. The van der Waals surface area contributed by atoms with Crippen LogP contribution >= 0.6 is 12.4 Å². The van der Waals surface area contributed by atoms with Crippen molar-refractivity contribution in [3.05, 3.63) is 46.8 Å². The van der Waals surface area contributed by atoms with E-state index in [1.807, 2.05) is 38.1 Å². The van der Waals surface area contributed by atoms with Gasteiger partial charge in [0.1, 0.15) is 18.1 Å². The largest absolute Gasteiger partial charge is 0.489 e. The van der Waals surface area contributed by atoms with Gasteiger partial charge in [0.15, 0.2) is 0 Å². The molecule has 26 heavy (non-hydrogen) atoms. The molecule has 0 aliphatic carbocycles. The van der Waals surface area contributed by atoms with Gasteiger partial charge in [0.2, 0.25) is 5.91 Å². The lowest BCUT2D eigenvalue weighted by atomic mass is 10.1. The number of amides is 1. The fourth-order valence-electron chi connectivity index (χ4n) is 2.98. The molecule has 1 aliphatic heterocycles. The first kappa shape index (κ1) is 20.3. The van der Waals surface area contributed by atoms with Crippen molar-refractivity contribution >= 4 is 18.3 Å². The number of aryl methyl sites for hydroxylation is 2. The third-order valence-corrected chi connectivity index (χ3v) is 4.56. The average molecular weight is 380 g/mol. The van der Waals surface area contributed by atoms with E-state index in [0.29, 0.717) is 25.6 Å². The van der Waals surface area contributed by atoms with E-state index in [2.05, 4.69) is 15.8 Å². The standard InChI is InChI=1S/C19H25N3O3.ClH/c1-13-18(14(2)25-22-13)12-24-17-7-5-15(6-8-17)10-19(23)21-11-16-4-3-9-20-16;/h5-8,16,20H,3-4,9-12H2,1-2H3,(H,21,23);1H. The Morgan fingerprint density at radius 2 is 2.12 bits per heavy atom. The maximum Gasteiger partial charge on any atom is 0.224 e. The number of nitrogens with one attached hydrogen (secondary N) is 2. The molecule has 1 atom stereocenters. The topological polar surface area (TPSA) is 76.4 Å². The van der Waals surface area contributed by atoms with E-state index >= 15 is 0 Å². The SMILES string of the molecule is Cc1noc(C)c1COc1ccc(CC(=O)NCC2CCCN2)cc1.Cl. The number of ether oxygens (including phenoxy) is 1. The summed E-state index contributed by atoms with van der Waals surface area (Å²) in [5.41, 5.74) is 2.80. The minimum absolute atomic E-state index is 0. The Labute approximate surface area is 160 Å². The number of carbonyl (C=O) groups is 1. The fourth-order valence-corrected chi connectivity index (χ4v) is 2.98. The number of halogens is 1. The number of hydrogen-bond acceptors (Lipinski definition) is 5. The molecular formula is C19H26ClN3O3. The zero-order chi connectivity index (χ0) is 17.6. The van der Waals surface area contributed by atoms with Crippen molar-refractivity contribution in [1.29, 1.82) is 0 Å². The lowest BCUT2D eigenvalue weighted by Gasteiger charge is -2.11. The molecule has 6 nitrogen and oxygen atoms in total. The van der Waals surface area contributed by atoms with Gasteiger partial charge in [0.05, 0.1) is 17.7 Å². The predicted molar refractivity (Wildman–Crippen MR) is 102 cm³/mol. The number of nitrogens with zero attached hydrogens (tertiary/aromatic N) is 1. The predicted octanol–water partition coefficient (Wildman–Crippen LogP) is 2.70. The van der Waals surface area contributed by atoms with Gasteiger partial charge in [-0.2, -0.15) is 0 Å². The van der Waals surface area contributed by atoms with Gasteiger partial charge in [-0.15, -0.1) is 12.4 Å². The second kappa shape index (κ2) is 9.59. The van der Waals surface area contributed by atoms with E-state index in [-0.39, 0.29) is 18.3 Å². The van der Waals surface area contributed by atoms with Crippen LogP contribution < -0.4 is 15.4 Å². The van der Waals surface area contributed by atoms with Crippen molar-refractivity contribution in [2.75, 3.05) is 13.1 Å². The lowest BCUT2D eigenvalue weighted by molar-refractivity contribution is -0.120. The molecule has 2 N–H and O–H groups in total. The van der Waals surface area contributed by atoms with Crippen molar-refractivity contribution in [3.8, 4) is 5.75 Å². The molecule has 142 valence electrons. The quantitative estimate of drug-likeness (QED) is 0.773. The highest BCUT2D eigenvalue weighted by atomic mass is 35.5. The third kappa shape index (κ3) is 5.47. The number of aromatic nitrogens is 1. The van der Waals surface area contributed by atoms with E-state index < -0.39 is 0 Å². The van der Waals surface area contributed by atoms with E-state index in [9.17, 15) is 4.79 Å². The van der Waals surface area contributed by atoms with Crippen molar-refractivity contribution in [3.63, 3.8) is 0 Å². The molecule has 2 aromatic rings. The summed E-state index contributed by atoms with van der Waals surface area (Å²) in [6.45, 7) is 5.96. The Morgan fingerprint density at radius 1 is 1.35 bits per heavy atom. The summed E-state index contributed by atoms with van der Waals surface area (Å²) in [6, 6.07) is 8.05. The molecule has 1 aromatic heterocycles. The second-order valence-corrected chi connectivity index (χ2v) is 6.51. The maximum absolute atomic E-state index is 12.0. The van der Waals surface area contributed by atoms with Gasteiger partial charge >= 0.3 is 0 Å². The molecule has 1 fully saturated rings. The Kier molecular flexibility index (Phi) is 7.48. The second-order valence-electron chi connectivity index (χ2n) is 6.51. The van der Waals surface area contributed by atoms with Crippen LogP contribution in [0.3, 0.4) is 0 Å². The van der Waals surface area contributed by atoms with Crippen LogP contribution in [0.15, 0.2) is 28.8 Å². The Hall–Kier alpha value is -2.05. The summed E-state index contributed by atoms with van der Waals surface area (Å²) in [7, 11) is 0. The first-order valence-corrected chi connectivity index (χ1v) is 8.75. The van der Waals surface area contributed by atoms with Crippen molar-refractivity contribution in [1.82, 2.24) is 15.8 Å². The molecule has 1 saturated heterocycles. The van der Waals surface area contributed by atoms with E-state index in [4.69, 9.17) is 9.26 Å². The Morgan fingerprint density at radius 3 is 2.73 bits per heavy atom. The number of hydrogen-bond donors (Lipinski definition) is 2. The van der Waals surface area contributed by atoms with Crippen LogP contribution in [0, 0.1) is 13.8 Å². The zero-order valence-electron chi connectivity index (χ0n) is 15.2. The first-order chi connectivity index (χ1) is 12.1. The van der Waals surface area contributed by atoms with Crippen molar-refractivity contribution in [2.45, 2.75) is 45.8 Å². The van der Waals surface area contributed by atoms with Crippen molar-refractivity contribution in [2.24, 2.45) is 0 Å². The first-order valence-electron chi connectivity index (χ1n) is 8.75.